The molecule has 2 fully saturated rings. The normalized spacial score (nSPS) is 27.9. The van der Waals surface area contributed by atoms with Crippen molar-refractivity contribution < 1.29 is 14.4 Å². The van der Waals surface area contributed by atoms with Crippen molar-refractivity contribution in [2.75, 3.05) is 0 Å². The number of hydrogen-bond acceptors (Lipinski definition) is 4. The van der Waals surface area contributed by atoms with E-state index in [4.69, 9.17) is 16.4 Å². The first-order valence-electron chi connectivity index (χ1n) is 8.03. The number of benzene rings is 1. The molecule has 1 saturated carbocycles. The Morgan fingerprint density at radius 3 is 2.43 bits per heavy atom. The fraction of sp³-hybridized carbons (Fsp3) is 0.471. The summed E-state index contributed by atoms with van der Waals surface area (Å²) in [6, 6.07) is 7.10. The molecule has 0 aromatic heterocycles. The first kappa shape index (κ1) is 14.7. The quantitative estimate of drug-likeness (QED) is 0.782. The van der Waals surface area contributed by atoms with Crippen molar-refractivity contribution >= 4 is 29.1 Å². The lowest BCUT2D eigenvalue weighted by atomic mass is 9.93. The molecule has 0 bridgehead atoms. The van der Waals surface area contributed by atoms with E-state index in [1.54, 1.807) is 24.3 Å². The number of rotatable bonds is 2. The number of likely N-dealkylation sites (tertiary alicyclic amines) is 1. The minimum atomic E-state index is -0.796. The average Bonchev–Trinajstić information content (AvgIpc) is 3.10. The van der Waals surface area contributed by atoms with Gasteiger partial charge in [-0.1, -0.05) is 48.2 Å². The summed E-state index contributed by atoms with van der Waals surface area (Å²) in [5.41, 5.74) is 1.30. The highest BCUT2D eigenvalue weighted by Gasteiger charge is 2.57. The summed E-state index contributed by atoms with van der Waals surface area (Å²) in [4.78, 5) is 32.2. The minimum absolute atomic E-state index is 0.0180. The van der Waals surface area contributed by atoms with Gasteiger partial charge in [-0.2, -0.15) is 0 Å². The van der Waals surface area contributed by atoms with E-state index in [-0.39, 0.29) is 17.9 Å². The van der Waals surface area contributed by atoms with Crippen LogP contribution in [-0.2, 0) is 14.4 Å². The summed E-state index contributed by atoms with van der Waals surface area (Å²) in [6.45, 7) is 0. The summed E-state index contributed by atoms with van der Waals surface area (Å²) in [5.74, 6) is -1.02. The highest BCUT2D eigenvalue weighted by Crippen LogP contribution is 2.36. The van der Waals surface area contributed by atoms with Crippen LogP contribution in [0.15, 0.2) is 29.4 Å². The molecule has 3 aliphatic rings. The van der Waals surface area contributed by atoms with Crippen LogP contribution in [0.5, 0.6) is 0 Å². The third-order valence-corrected chi connectivity index (χ3v) is 5.18. The van der Waals surface area contributed by atoms with E-state index >= 15 is 0 Å². The van der Waals surface area contributed by atoms with E-state index < -0.39 is 12.0 Å². The molecule has 1 aromatic carbocycles. The Morgan fingerprint density at radius 1 is 1.04 bits per heavy atom. The standard InChI is InChI=1S/C17H17ClN2O3/c18-11-8-6-10(7-9-11)14-13-15(23-19-14)17(22)20(16(13)21)12-4-2-1-3-5-12/h6-9,12-13,15H,1-5H2/t13-,15+/m1/s1. The largest absolute Gasteiger partial charge is 0.381 e. The molecule has 0 N–H and O–H groups in total. The summed E-state index contributed by atoms with van der Waals surface area (Å²) in [6.07, 6.45) is 4.30. The Labute approximate surface area is 139 Å². The van der Waals surface area contributed by atoms with Crippen LogP contribution in [0.4, 0.5) is 0 Å². The second kappa shape index (κ2) is 5.64. The Morgan fingerprint density at radius 2 is 1.74 bits per heavy atom. The van der Waals surface area contributed by atoms with E-state index in [0.717, 1.165) is 31.2 Å². The highest BCUT2D eigenvalue weighted by atomic mass is 35.5. The monoisotopic (exact) mass is 332 g/mol. The Bertz CT molecular complexity index is 680. The van der Waals surface area contributed by atoms with Gasteiger partial charge in [0.15, 0.2) is 0 Å². The van der Waals surface area contributed by atoms with Gasteiger partial charge in [-0.05, 0) is 25.0 Å². The number of carbonyl (C=O) groups is 2. The maximum Gasteiger partial charge on any atom is 0.274 e. The van der Waals surface area contributed by atoms with Crippen LogP contribution in [0.1, 0.15) is 37.7 Å². The Hall–Kier alpha value is -1.88. The maximum absolute atomic E-state index is 12.9. The molecule has 2 atom stereocenters. The molecular formula is C17H17ClN2O3. The number of imide groups is 1. The van der Waals surface area contributed by atoms with E-state index in [9.17, 15) is 9.59 Å². The lowest BCUT2D eigenvalue weighted by Crippen LogP contribution is -2.43. The molecule has 23 heavy (non-hydrogen) atoms. The van der Waals surface area contributed by atoms with Crippen LogP contribution >= 0.6 is 11.6 Å². The van der Waals surface area contributed by atoms with Crippen LogP contribution in [0.2, 0.25) is 5.02 Å². The summed E-state index contributed by atoms with van der Waals surface area (Å²) in [5, 5.41) is 4.62. The van der Waals surface area contributed by atoms with E-state index in [0.29, 0.717) is 10.7 Å². The predicted octanol–water partition coefficient (Wildman–Crippen LogP) is 2.76. The number of hydrogen-bond donors (Lipinski definition) is 0. The van der Waals surface area contributed by atoms with Gasteiger partial charge in [0.25, 0.3) is 5.91 Å². The molecule has 1 aromatic rings. The van der Waals surface area contributed by atoms with Gasteiger partial charge in [0, 0.05) is 16.6 Å². The van der Waals surface area contributed by atoms with Gasteiger partial charge in [0.2, 0.25) is 12.0 Å². The second-order valence-electron chi connectivity index (χ2n) is 6.33. The number of halogens is 1. The van der Waals surface area contributed by atoms with Gasteiger partial charge in [-0.25, -0.2) is 0 Å². The number of nitrogens with zero attached hydrogens (tertiary/aromatic N) is 2. The molecule has 2 aliphatic heterocycles. The molecule has 4 rings (SSSR count). The van der Waals surface area contributed by atoms with Crippen LogP contribution < -0.4 is 0 Å². The predicted molar refractivity (Wildman–Crippen MR) is 85.1 cm³/mol. The van der Waals surface area contributed by atoms with E-state index in [1.807, 2.05) is 0 Å². The molecule has 2 heterocycles. The zero-order valence-electron chi connectivity index (χ0n) is 12.6. The van der Waals surface area contributed by atoms with Crippen LogP contribution in [0.3, 0.4) is 0 Å². The number of oxime groups is 1. The zero-order chi connectivity index (χ0) is 16.0. The molecule has 0 radical (unpaired) electrons. The van der Waals surface area contributed by atoms with Gasteiger partial charge >= 0.3 is 0 Å². The van der Waals surface area contributed by atoms with Gasteiger partial charge < -0.3 is 4.84 Å². The minimum Gasteiger partial charge on any atom is -0.381 e. The van der Waals surface area contributed by atoms with Gasteiger partial charge in [-0.15, -0.1) is 0 Å². The third-order valence-electron chi connectivity index (χ3n) is 4.93. The van der Waals surface area contributed by atoms with Gasteiger partial charge in [-0.3, -0.25) is 14.5 Å². The zero-order valence-corrected chi connectivity index (χ0v) is 13.3. The summed E-state index contributed by atoms with van der Waals surface area (Å²) in [7, 11) is 0. The Kier molecular flexibility index (Phi) is 3.60. The maximum atomic E-state index is 12.9. The summed E-state index contributed by atoms with van der Waals surface area (Å²) < 4.78 is 0. The molecule has 6 heteroatoms. The Balaban J connectivity index is 1.62. The van der Waals surface area contributed by atoms with Crippen LogP contribution in [-0.4, -0.2) is 34.6 Å². The first-order valence-corrected chi connectivity index (χ1v) is 8.41. The third kappa shape index (κ3) is 2.34. The SMILES string of the molecule is O=C1[C@@H]2C(c3ccc(Cl)cc3)=NO[C@@H]2C(=O)N1C1CCCCC1. The smallest absolute Gasteiger partial charge is 0.274 e. The molecule has 5 nitrogen and oxygen atoms in total. The van der Waals surface area contributed by atoms with Crippen molar-refractivity contribution in [2.24, 2.45) is 11.1 Å². The molecule has 1 aliphatic carbocycles. The summed E-state index contributed by atoms with van der Waals surface area (Å²) >= 11 is 5.91. The van der Waals surface area contributed by atoms with Crippen molar-refractivity contribution in [3.8, 4) is 0 Å². The fourth-order valence-corrected chi connectivity index (χ4v) is 3.88. The highest BCUT2D eigenvalue weighted by molar-refractivity contribution is 6.31. The van der Waals surface area contributed by atoms with Crippen molar-refractivity contribution in [3.05, 3.63) is 34.9 Å². The lowest BCUT2D eigenvalue weighted by Gasteiger charge is -2.29. The number of fused-ring (bicyclic) bond motifs is 1. The average molecular weight is 333 g/mol. The van der Waals surface area contributed by atoms with Gasteiger partial charge in [0.05, 0.1) is 0 Å². The topological polar surface area (TPSA) is 59.0 Å². The van der Waals surface area contributed by atoms with E-state index in [2.05, 4.69) is 5.16 Å². The molecule has 120 valence electrons. The first-order chi connectivity index (χ1) is 11.2. The van der Waals surface area contributed by atoms with Gasteiger partial charge in [0.1, 0.15) is 11.6 Å². The molecule has 0 unspecified atom stereocenters. The van der Waals surface area contributed by atoms with Crippen molar-refractivity contribution in [3.63, 3.8) is 0 Å². The number of carbonyl (C=O) groups excluding carboxylic acids is 2. The van der Waals surface area contributed by atoms with Crippen molar-refractivity contribution in [1.82, 2.24) is 4.90 Å². The molecule has 1 saturated heterocycles. The molecule has 0 spiro atoms. The van der Waals surface area contributed by atoms with Crippen LogP contribution in [0.25, 0.3) is 0 Å². The van der Waals surface area contributed by atoms with Crippen molar-refractivity contribution in [1.29, 1.82) is 0 Å². The second-order valence-corrected chi connectivity index (χ2v) is 6.76. The van der Waals surface area contributed by atoms with Crippen molar-refractivity contribution in [2.45, 2.75) is 44.2 Å². The molecular weight excluding hydrogens is 316 g/mol. The van der Waals surface area contributed by atoms with Crippen LogP contribution in [0, 0.1) is 5.92 Å². The molecule has 2 amide bonds. The fourth-order valence-electron chi connectivity index (χ4n) is 3.76. The van der Waals surface area contributed by atoms with E-state index in [1.165, 1.54) is 11.3 Å². The lowest BCUT2D eigenvalue weighted by molar-refractivity contribution is -0.145. The number of amides is 2.